The minimum absolute atomic E-state index is 0.152. The number of hydrogen-bond donors (Lipinski definition) is 0. The van der Waals surface area contributed by atoms with Gasteiger partial charge in [-0.25, -0.2) is 4.79 Å². The summed E-state index contributed by atoms with van der Waals surface area (Å²) in [7, 11) is 6.51. The van der Waals surface area contributed by atoms with E-state index >= 15 is 0 Å². The van der Waals surface area contributed by atoms with Crippen molar-refractivity contribution in [1.82, 2.24) is 14.0 Å². The number of hydrogen-bond acceptors (Lipinski definition) is 5. The maximum Gasteiger partial charge on any atom is 0.330 e. The van der Waals surface area contributed by atoms with Crippen molar-refractivity contribution >= 4 is 0 Å². The molecule has 1 atom stereocenters. The maximum atomic E-state index is 12.2. The lowest BCUT2D eigenvalue weighted by molar-refractivity contribution is 0.235. The Morgan fingerprint density at radius 3 is 2.54 bits per heavy atom. The minimum Gasteiger partial charge on any atom is -0.497 e. The van der Waals surface area contributed by atoms with Gasteiger partial charge in [0.1, 0.15) is 11.5 Å². The van der Waals surface area contributed by atoms with Crippen LogP contribution < -0.4 is 20.7 Å². The molecule has 1 aromatic heterocycles. The van der Waals surface area contributed by atoms with E-state index in [-0.39, 0.29) is 17.3 Å². The van der Waals surface area contributed by atoms with Crippen LogP contribution in [0.2, 0.25) is 0 Å². The van der Waals surface area contributed by atoms with E-state index in [1.54, 1.807) is 31.9 Å². The number of aromatic nitrogens is 2. The zero-order chi connectivity index (χ0) is 18.8. The van der Waals surface area contributed by atoms with Gasteiger partial charge < -0.3 is 9.47 Å². The van der Waals surface area contributed by atoms with Crippen molar-refractivity contribution in [2.24, 2.45) is 14.1 Å². The summed E-state index contributed by atoms with van der Waals surface area (Å²) in [6.45, 7) is 1.43. The van der Waals surface area contributed by atoms with Crippen molar-refractivity contribution < 1.29 is 9.47 Å². The third-order valence-electron chi connectivity index (χ3n) is 5.15. The fraction of sp³-hybridized carbons (Fsp3) is 0.474. The standard InChI is InChI=1S/C19H25N3O4/c1-20-13(10-18(23)21(2)19(20)24)12-22-9-5-6-16(22)15-11-14(25-3)7-8-17(15)26-4/h7-8,10-11,16H,5-6,9,12H2,1-4H3/t16-/m0/s1. The van der Waals surface area contributed by atoms with Gasteiger partial charge >= 0.3 is 5.69 Å². The number of ether oxygens (including phenoxy) is 2. The molecule has 1 aliphatic rings. The minimum atomic E-state index is -0.304. The van der Waals surface area contributed by atoms with Gasteiger partial charge in [0, 0.05) is 44.0 Å². The number of likely N-dealkylation sites (tertiary alicyclic amines) is 1. The Labute approximate surface area is 152 Å². The molecule has 0 unspecified atom stereocenters. The van der Waals surface area contributed by atoms with Crippen LogP contribution in [-0.2, 0) is 20.6 Å². The van der Waals surface area contributed by atoms with E-state index in [2.05, 4.69) is 4.90 Å². The van der Waals surface area contributed by atoms with Gasteiger partial charge in [0.05, 0.1) is 14.2 Å². The summed E-state index contributed by atoms with van der Waals surface area (Å²) in [5.74, 6) is 1.61. The molecule has 140 valence electrons. The molecule has 1 aliphatic heterocycles. The summed E-state index contributed by atoms with van der Waals surface area (Å²) in [5.41, 5.74) is 1.20. The highest BCUT2D eigenvalue weighted by Gasteiger charge is 2.29. The lowest BCUT2D eigenvalue weighted by Gasteiger charge is -2.27. The van der Waals surface area contributed by atoms with Gasteiger partial charge in [0.2, 0.25) is 0 Å². The third-order valence-corrected chi connectivity index (χ3v) is 5.15. The van der Waals surface area contributed by atoms with E-state index in [0.717, 1.165) is 41.0 Å². The van der Waals surface area contributed by atoms with Gasteiger partial charge in [0.25, 0.3) is 5.56 Å². The molecule has 3 rings (SSSR count). The van der Waals surface area contributed by atoms with Crippen LogP contribution in [0.5, 0.6) is 11.5 Å². The van der Waals surface area contributed by atoms with Crippen molar-refractivity contribution in [1.29, 1.82) is 0 Å². The molecule has 7 nitrogen and oxygen atoms in total. The van der Waals surface area contributed by atoms with E-state index in [0.29, 0.717) is 12.2 Å². The highest BCUT2D eigenvalue weighted by Crippen LogP contribution is 2.39. The molecule has 26 heavy (non-hydrogen) atoms. The Hall–Kier alpha value is -2.54. The lowest BCUT2D eigenvalue weighted by Crippen LogP contribution is -2.39. The van der Waals surface area contributed by atoms with E-state index < -0.39 is 0 Å². The molecule has 0 aliphatic carbocycles. The van der Waals surface area contributed by atoms with Gasteiger partial charge in [-0.3, -0.25) is 18.8 Å². The molecule has 7 heteroatoms. The first kappa shape index (κ1) is 18.3. The summed E-state index contributed by atoms with van der Waals surface area (Å²) >= 11 is 0. The van der Waals surface area contributed by atoms with Gasteiger partial charge in [-0.2, -0.15) is 0 Å². The molecule has 1 fully saturated rings. The summed E-state index contributed by atoms with van der Waals surface area (Å²) in [6.07, 6.45) is 2.03. The van der Waals surface area contributed by atoms with E-state index in [1.165, 1.54) is 7.05 Å². The SMILES string of the molecule is COc1ccc(OC)c([C@@H]2CCCN2Cc2cc(=O)n(C)c(=O)n2C)c1. The monoisotopic (exact) mass is 359 g/mol. The second kappa shape index (κ2) is 7.37. The van der Waals surface area contributed by atoms with E-state index in [4.69, 9.17) is 9.47 Å². The number of nitrogens with zero attached hydrogens (tertiary/aromatic N) is 3. The van der Waals surface area contributed by atoms with Gasteiger partial charge in [-0.05, 0) is 37.6 Å². The summed E-state index contributed by atoms with van der Waals surface area (Å²) in [5, 5.41) is 0. The first-order chi connectivity index (χ1) is 12.5. The Bertz CT molecular complexity index is 916. The van der Waals surface area contributed by atoms with Gasteiger partial charge in [-0.15, -0.1) is 0 Å². The highest BCUT2D eigenvalue weighted by molar-refractivity contribution is 5.42. The summed E-state index contributed by atoms with van der Waals surface area (Å²) in [4.78, 5) is 26.5. The Morgan fingerprint density at radius 1 is 1.08 bits per heavy atom. The van der Waals surface area contributed by atoms with Crippen LogP contribution >= 0.6 is 0 Å². The quantitative estimate of drug-likeness (QED) is 0.808. The largest absolute Gasteiger partial charge is 0.497 e. The van der Waals surface area contributed by atoms with Crippen molar-refractivity contribution in [2.75, 3.05) is 20.8 Å². The lowest BCUT2D eigenvalue weighted by atomic mass is 10.0. The highest BCUT2D eigenvalue weighted by atomic mass is 16.5. The molecule has 0 saturated carbocycles. The average Bonchev–Trinajstić information content (AvgIpc) is 3.11. The van der Waals surface area contributed by atoms with Gasteiger partial charge in [-0.1, -0.05) is 0 Å². The fourth-order valence-electron chi connectivity index (χ4n) is 3.61. The molecule has 1 aromatic carbocycles. The maximum absolute atomic E-state index is 12.2. The zero-order valence-electron chi connectivity index (χ0n) is 15.7. The van der Waals surface area contributed by atoms with Gasteiger partial charge in [0.15, 0.2) is 0 Å². The fourth-order valence-corrected chi connectivity index (χ4v) is 3.61. The molecule has 1 saturated heterocycles. The molecule has 0 amide bonds. The normalized spacial score (nSPS) is 17.5. The molecule has 0 spiro atoms. The molecule has 0 radical (unpaired) electrons. The predicted octanol–water partition coefficient (Wildman–Crippen LogP) is 1.44. The Morgan fingerprint density at radius 2 is 1.85 bits per heavy atom. The topological polar surface area (TPSA) is 65.7 Å². The first-order valence-electron chi connectivity index (χ1n) is 8.68. The molecule has 2 aromatic rings. The Kier molecular flexibility index (Phi) is 5.18. The Balaban J connectivity index is 1.95. The van der Waals surface area contributed by atoms with Crippen LogP contribution in [0, 0.1) is 0 Å². The van der Waals surface area contributed by atoms with Crippen molar-refractivity contribution in [2.45, 2.75) is 25.4 Å². The molecular weight excluding hydrogens is 334 g/mol. The molecular formula is C19H25N3O4. The summed E-state index contributed by atoms with van der Waals surface area (Å²) in [6, 6.07) is 7.49. The molecule has 0 N–H and O–H groups in total. The van der Waals surface area contributed by atoms with Crippen LogP contribution in [0.15, 0.2) is 33.9 Å². The average molecular weight is 359 g/mol. The van der Waals surface area contributed by atoms with Crippen molar-refractivity contribution in [3.63, 3.8) is 0 Å². The van der Waals surface area contributed by atoms with E-state index in [9.17, 15) is 9.59 Å². The smallest absolute Gasteiger partial charge is 0.330 e. The molecule has 2 heterocycles. The summed E-state index contributed by atoms with van der Waals surface area (Å²) < 4.78 is 13.6. The number of rotatable bonds is 5. The van der Waals surface area contributed by atoms with Crippen molar-refractivity contribution in [3.05, 3.63) is 56.4 Å². The van der Waals surface area contributed by atoms with Crippen LogP contribution in [0.3, 0.4) is 0 Å². The second-order valence-corrected chi connectivity index (χ2v) is 6.61. The van der Waals surface area contributed by atoms with Crippen LogP contribution in [0.4, 0.5) is 0 Å². The van der Waals surface area contributed by atoms with Crippen LogP contribution in [0.1, 0.15) is 30.1 Å². The van der Waals surface area contributed by atoms with Crippen molar-refractivity contribution in [3.8, 4) is 11.5 Å². The predicted molar refractivity (Wildman–Crippen MR) is 98.9 cm³/mol. The first-order valence-corrected chi connectivity index (χ1v) is 8.68. The number of benzene rings is 1. The molecule has 0 bridgehead atoms. The van der Waals surface area contributed by atoms with Crippen LogP contribution in [-0.4, -0.2) is 34.8 Å². The van der Waals surface area contributed by atoms with E-state index in [1.807, 2.05) is 18.2 Å². The number of methoxy groups -OCH3 is 2. The second-order valence-electron chi connectivity index (χ2n) is 6.61. The zero-order valence-corrected chi connectivity index (χ0v) is 15.7. The van der Waals surface area contributed by atoms with Crippen LogP contribution in [0.25, 0.3) is 0 Å². The third kappa shape index (κ3) is 3.26.